The molecule has 7 heteroatoms. The van der Waals surface area contributed by atoms with Crippen molar-refractivity contribution in [2.75, 3.05) is 18.1 Å². The van der Waals surface area contributed by atoms with E-state index < -0.39 is 4.92 Å². The van der Waals surface area contributed by atoms with Crippen molar-refractivity contribution in [1.82, 2.24) is 4.90 Å². The van der Waals surface area contributed by atoms with E-state index in [1.54, 1.807) is 30.0 Å². The standard InChI is InChI=1S/C19H19N3O4/c1-14-16(9-5-10-17(14)22(25)26)19(24)21(15-7-3-2-4-8-15)13-20-12-6-11-18(20)23/h2-5,7-10H,6,11-13H2,1H3. The van der Waals surface area contributed by atoms with E-state index in [0.29, 0.717) is 24.2 Å². The van der Waals surface area contributed by atoms with E-state index in [4.69, 9.17) is 0 Å². The second-order valence-corrected chi connectivity index (χ2v) is 6.18. The zero-order chi connectivity index (χ0) is 18.7. The summed E-state index contributed by atoms with van der Waals surface area (Å²) in [6.07, 6.45) is 1.25. The van der Waals surface area contributed by atoms with Crippen molar-refractivity contribution in [3.05, 3.63) is 69.8 Å². The lowest BCUT2D eigenvalue weighted by atomic mass is 10.1. The predicted octanol–water partition coefficient (Wildman–Crippen LogP) is 3.13. The summed E-state index contributed by atoms with van der Waals surface area (Å²) in [4.78, 5) is 39.0. The zero-order valence-corrected chi connectivity index (χ0v) is 14.4. The van der Waals surface area contributed by atoms with E-state index in [9.17, 15) is 19.7 Å². The molecule has 1 aliphatic rings. The number of nitro benzene ring substituents is 1. The molecule has 1 saturated heterocycles. The van der Waals surface area contributed by atoms with Crippen LogP contribution in [-0.4, -0.2) is 34.9 Å². The molecule has 26 heavy (non-hydrogen) atoms. The van der Waals surface area contributed by atoms with Crippen LogP contribution in [0.4, 0.5) is 11.4 Å². The highest BCUT2D eigenvalue weighted by Gasteiger charge is 2.28. The molecule has 3 rings (SSSR count). The van der Waals surface area contributed by atoms with Crippen molar-refractivity contribution < 1.29 is 14.5 Å². The Bertz CT molecular complexity index is 851. The average Bonchev–Trinajstić information content (AvgIpc) is 3.04. The van der Waals surface area contributed by atoms with Crippen molar-refractivity contribution in [3.8, 4) is 0 Å². The van der Waals surface area contributed by atoms with Gasteiger partial charge < -0.3 is 4.90 Å². The van der Waals surface area contributed by atoms with Crippen molar-refractivity contribution in [2.45, 2.75) is 19.8 Å². The highest BCUT2D eigenvalue weighted by Crippen LogP contribution is 2.25. The van der Waals surface area contributed by atoms with Crippen LogP contribution in [0.3, 0.4) is 0 Å². The SMILES string of the molecule is Cc1c(C(=O)N(CN2CCCC2=O)c2ccccc2)cccc1[N+](=O)[O-]. The molecular weight excluding hydrogens is 334 g/mol. The lowest BCUT2D eigenvalue weighted by Crippen LogP contribution is -2.42. The number of benzene rings is 2. The predicted molar refractivity (Wildman–Crippen MR) is 96.9 cm³/mol. The largest absolute Gasteiger partial charge is 0.324 e. The number of nitrogens with zero attached hydrogens (tertiary/aromatic N) is 3. The molecule has 0 aromatic heterocycles. The smallest absolute Gasteiger partial charge is 0.273 e. The van der Waals surface area contributed by atoms with Crippen molar-refractivity contribution in [3.63, 3.8) is 0 Å². The minimum atomic E-state index is -0.497. The Morgan fingerprint density at radius 3 is 2.54 bits per heavy atom. The molecule has 0 radical (unpaired) electrons. The number of amides is 2. The summed E-state index contributed by atoms with van der Waals surface area (Å²) >= 11 is 0. The topological polar surface area (TPSA) is 83.8 Å². The molecule has 2 amide bonds. The summed E-state index contributed by atoms with van der Waals surface area (Å²) in [5.74, 6) is -0.355. The molecule has 0 N–H and O–H groups in total. The highest BCUT2D eigenvalue weighted by atomic mass is 16.6. The molecule has 1 heterocycles. The summed E-state index contributed by atoms with van der Waals surface area (Å²) in [7, 11) is 0. The minimum Gasteiger partial charge on any atom is -0.324 e. The van der Waals surface area contributed by atoms with Crippen LogP contribution >= 0.6 is 0 Å². The van der Waals surface area contributed by atoms with Crippen molar-refractivity contribution in [2.24, 2.45) is 0 Å². The molecule has 0 bridgehead atoms. The summed E-state index contributed by atoms with van der Waals surface area (Å²) in [5.41, 5.74) is 1.12. The molecule has 2 aromatic carbocycles. The maximum absolute atomic E-state index is 13.2. The second-order valence-electron chi connectivity index (χ2n) is 6.18. The second kappa shape index (κ2) is 7.35. The minimum absolute atomic E-state index is 0.00879. The van der Waals surface area contributed by atoms with Gasteiger partial charge in [-0.25, -0.2) is 0 Å². The number of para-hydroxylation sites is 1. The molecule has 0 spiro atoms. The van der Waals surface area contributed by atoms with Gasteiger partial charge in [-0.15, -0.1) is 0 Å². The summed E-state index contributed by atoms with van der Waals surface area (Å²) in [6.45, 7) is 2.29. The molecule has 1 aliphatic heterocycles. The number of carbonyl (C=O) groups excluding carboxylic acids is 2. The molecule has 7 nitrogen and oxygen atoms in total. The number of hydrogen-bond acceptors (Lipinski definition) is 4. The van der Waals surface area contributed by atoms with Crippen LogP contribution < -0.4 is 4.90 Å². The number of rotatable bonds is 5. The molecule has 0 atom stereocenters. The third-order valence-corrected chi connectivity index (χ3v) is 4.53. The number of likely N-dealkylation sites (tertiary alicyclic amines) is 1. The number of carbonyl (C=O) groups is 2. The van der Waals surface area contributed by atoms with Crippen LogP contribution in [0.5, 0.6) is 0 Å². The lowest BCUT2D eigenvalue weighted by molar-refractivity contribution is -0.385. The van der Waals surface area contributed by atoms with Gasteiger partial charge in [0.1, 0.15) is 6.67 Å². The first kappa shape index (κ1) is 17.6. The van der Waals surface area contributed by atoms with Gasteiger partial charge in [0.05, 0.1) is 4.92 Å². The van der Waals surface area contributed by atoms with Crippen molar-refractivity contribution >= 4 is 23.2 Å². The van der Waals surface area contributed by atoms with Crippen LogP contribution in [0.2, 0.25) is 0 Å². The number of nitro groups is 1. The van der Waals surface area contributed by atoms with Gasteiger partial charge >= 0.3 is 0 Å². The van der Waals surface area contributed by atoms with Crippen molar-refractivity contribution in [1.29, 1.82) is 0 Å². The molecule has 0 saturated carbocycles. The summed E-state index contributed by atoms with van der Waals surface area (Å²) < 4.78 is 0. The van der Waals surface area contributed by atoms with Crippen LogP contribution in [0.1, 0.15) is 28.8 Å². The van der Waals surface area contributed by atoms with Gasteiger partial charge in [-0.1, -0.05) is 24.3 Å². The molecular formula is C19H19N3O4. The molecule has 1 fully saturated rings. The maximum Gasteiger partial charge on any atom is 0.273 e. The number of anilines is 1. The monoisotopic (exact) mass is 353 g/mol. The van der Waals surface area contributed by atoms with E-state index in [-0.39, 0.29) is 29.7 Å². The Balaban J connectivity index is 1.99. The lowest BCUT2D eigenvalue weighted by Gasteiger charge is -2.28. The highest BCUT2D eigenvalue weighted by molar-refractivity contribution is 6.07. The molecule has 0 aliphatic carbocycles. The third-order valence-electron chi connectivity index (χ3n) is 4.53. The fraction of sp³-hybridized carbons (Fsp3) is 0.263. The Morgan fingerprint density at radius 2 is 1.92 bits per heavy atom. The molecule has 0 unspecified atom stereocenters. The van der Waals surface area contributed by atoms with E-state index >= 15 is 0 Å². The summed E-state index contributed by atoms with van der Waals surface area (Å²) in [6, 6.07) is 13.5. The Morgan fingerprint density at radius 1 is 1.19 bits per heavy atom. The Labute approximate surface area is 151 Å². The van der Waals surface area contributed by atoms with Gasteiger partial charge in [0.25, 0.3) is 11.6 Å². The van der Waals surface area contributed by atoms with Gasteiger partial charge in [-0.05, 0) is 31.5 Å². The fourth-order valence-electron chi connectivity index (χ4n) is 3.09. The molecule has 2 aromatic rings. The Kier molecular flexibility index (Phi) is 4.97. The van der Waals surface area contributed by atoms with E-state index in [1.165, 1.54) is 17.0 Å². The van der Waals surface area contributed by atoms with Gasteiger partial charge in [0, 0.05) is 35.8 Å². The quantitative estimate of drug-likeness (QED) is 0.611. The summed E-state index contributed by atoms with van der Waals surface area (Å²) in [5, 5.41) is 11.2. The first-order valence-electron chi connectivity index (χ1n) is 8.37. The van der Waals surface area contributed by atoms with E-state index in [1.807, 2.05) is 18.2 Å². The fourth-order valence-corrected chi connectivity index (χ4v) is 3.09. The van der Waals surface area contributed by atoms with Crippen LogP contribution in [0, 0.1) is 17.0 Å². The normalized spacial score (nSPS) is 13.7. The zero-order valence-electron chi connectivity index (χ0n) is 14.4. The van der Waals surface area contributed by atoms with Crippen LogP contribution in [0.15, 0.2) is 48.5 Å². The number of hydrogen-bond donors (Lipinski definition) is 0. The van der Waals surface area contributed by atoms with Gasteiger partial charge in [0.15, 0.2) is 0 Å². The van der Waals surface area contributed by atoms with Gasteiger partial charge in [-0.2, -0.15) is 0 Å². The maximum atomic E-state index is 13.2. The first-order valence-corrected chi connectivity index (χ1v) is 8.37. The van der Waals surface area contributed by atoms with Crippen LogP contribution in [-0.2, 0) is 4.79 Å². The van der Waals surface area contributed by atoms with Gasteiger partial charge in [0.2, 0.25) is 5.91 Å². The van der Waals surface area contributed by atoms with Crippen LogP contribution in [0.25, 0.3) is 0 Å². The molecule has 134 valence electrons. The van der Waals surface area contributed by atoms with E-state index in [0.717, 1.165) is 6.42 Å². The van der Waals surface area contributed by atoms with E-state index in [2.05, 4.69) is 0 Å². The average molecular weight is 353 g/mol. The Hall–Kier alpha value is -3.22. The van der Waals surface area contributed by atoms with Gasteiger partial charge in [-0.3, -0.25) is 24.6 Å². The first-order chi connectivity index (χ1) is 12.5. The third kappa shape index (κ3) is 3.42.